The van der Waals surface area contributed by atoms with Crippen LogP contribution in [0.1, 0.15) is 38.5 Å². The zero-order chi connectivity index (χ0) is 21.1. The average Bonchev–Trinajstić information content (AvgIpc) is 3.09. The van der Waals surface area contributed by atoms with E-state index in [4.69, 9.17) is 11.6 Å². The lowest BCUT2D eigenvalue weighted by Crippen LogP contribution is -2.30. The van der Waals surface area contributed by atoms with Gasteiger partial charge in [0.25, 0.3) is 11.8 Å². The largest absolute Gasteiger partial charge is 0.347 e. The van der Waals surface area contributed by atoms with E-state index in [1.54, 1.807) is 33.8 Å². The number of hydrogen-bond donors (Lipinski definition) is 1. The molecule has 0 radical (unpaired) electrons. The van der Waals surface area contributed by atoms with Crippen LogP contribution in [-0.4, -0.2) is 33.0 Å². The fourth-order valence-corrected chi connectivity index (χ4v) is 3.68. The van der Waals surface area contributed by atoms with Crippen LogP contribution in [0.5, 0.6) is 0 Å². The molecule has 2 aromatic carbocycles. The Morgan fingerprint density at radius 2 is 1.90 bits per heavy atom. The number of aryl methyl sites for hydroxylation is 1. The minimum Gasteiger partial charge on any atom is -0.347 e. The van der Waals surface area contributed by atoms with Crippen molar-refractivity contribution >= 4 is 23.4 Å². The Bertz CT molecular complexity index is 1100. The molecule has 1 aliphatic heterocycles. The van der Waals surface area contributed by atoms with Crippen LogP contribution in [0, 0.1) is 5.82 Å². The van der Waals surface area contributed by atoms with Gasteiger partial charge in [0.05, 0.1) is 0 Å². The third-order valence-corrected chi connectivity index (χ3v) is 5.16. The van der Waals surface area contributed by atoms with Gasteiger partial charge in [0.15, 0.2) is 5.69 Å². The molecule has 154 valence electrons. The summed E-state index contributed by atoms with van der Waals surface area (Å²) in [4.78, 5) is 27.2. The molecule has 8 heteroatoms. The van der Waals surface area contributed by atoms with Gasteiger partial charge in [-0.15, -0.1) is 0 Å². The number of benzene rings is 2. The summed E-state index contributed by atoms with van der Waals surface area (Å²) in [5, 5.41) is 7.71. The number of nitrogens with one attached hydrogen (secondary N) is 1. The van der Waals surface area contributed by atoms with Gasteiger partial charge in [0.2, 0.25) is 0 Å². The molecule has 3 aromatic rings. The molecule has 0 unspecified atom stereocenters. The summed E-state index contributed by atoms with van der Waals surface area (Å²) in [7, 11) is 0. The Hall–Kier alpha value is -3.19. The maximum Gasteiger partial charge on any atom is 0.272 e. The molecule has 0 atom stereocenters. The SMILES string of the molecule is O=C(NCc1cccc(Cl)c1)c1cc2n(n1)CCCN(Cc1cccc(F)c1)C2=O. The predicted octanol–water partition coefficient (Wildman–Crippen LogP) is 3.65. The van der Waals surface area contributed by atoms with E-state index in [1.165, 1.54) is 18.2 Å². The monoisotopic (exact) mass is 426 g/mol. The second-order valence-electron chi connectivity index (χ2n) is 7.16. The minimum absolute atomic E-state index is 0.188. The molecule has 4 rings (SSSR count). The number of hydrogen-bond acceptors (Lipinski definition) is 3. The highest BCUT2D eigenvalue weighted by Gasteiger charge is 2.26. The van der Waals surface area contributed by atoms with E-state index in [0.717, 1.165) is 11.1 Å². The van der Waals surface area contributed by atoms with Crippen molar-refractivity contribution in [1.29, 1.82) is 0 Å². The van der Waals surface area contributed by atoms with Crippen molar-refractivity contribution in [3.8, 4) is 0 Å². The second-order valence-corrected chi connectivity index (χ2v) is 7.60. The molecule has 30 heavy (non-hydrogen) atoms. The number of rotatable bonds is 5. The van der Waals surface area contributed by atoms with Crippen LogP contribution in [0.2, 0.25) is 5.02 Å². The van der Waals surface area contributed by atoms with E-state index in [9.17, 15) is 14.0 Å². The highest BCUT2D eigenvalue weighted by Crippen LogP contribution is 2.17. The Morgan fingerprint density at radius 3 is 2.70 bits per heavy atom. The third kappa shape index (κ3) is 4.52. The van der Waals surface area contributed by atoms with Crippen LogP contribution in [0.4, 0.5) is 4.39 Å². The molecule has 0 bridgehead atoms. The summed E-state index contributed by atoms with van der Waals surface area (Å²) < 4.78 is 15.0. The zero-order valence-electron chi connectivity index (χ0n) is 16.1. The molecule has 2 heterocycles. The van der Waals surface area contributed by atoms with Gasteiger partial charge in [0, 0.05) is 37.3 Å². The fraction of sp³-hybridized carbons (Fsp3) is 0.227. The lowest BCUT2D eigenvalue weighted by Gasteiger charge is -2.20. The first-order valence-electron chi connectivity index (χ1n) is 9.64. The summed E-state index contributed by atoms with van der Waals surface area (Å²) in [6.45, 7) is 1.68. The Kier molecular flexibility index (Phi) is 5.81. The molecule has 1 aromatic heterocycles. The van der Waals surface area contributed by atoms with Gasteiger partial charge < -0.3 is 10.2 Å². The first-order chi connectivity index (χ1) is 14.5. The number of nitrogens with zero attached hydrogens (tertiary/aromatic N) is 3. The van der Waals surface area contributed by atoms with Crippen LogP contribution in [-0.2, 0) is 19.6 Å². The van der Waals surface area contributed by atoms with Crippen molar-refractivity contribution in [2.24, 2.45) is 0 Å². The first kappa shape index (κ1) is 20.1. The van der Waals surface area contributed by atoms with Crippen molar-refractivity contribution in [3.05, 3.63) is 88.0 Å². The number of aromatic nitrogens is 2. The summed E-state index contributed by atoms with van der Waals surface area (Å²) in [6.07, 6.45) is 0.694. The second kappa shape index (κ2) is 8.67. The average molecular weight is 427 g/mol. The molecule has 6 nitrogen and oxygen atoms in total. The molecule has 0 aliphatic carbocycles. The summed E-state index contributed by atoms with van der Waals surface area (Å²) in [5.74, 6) is -0.920. The van der Waals surface area contributed by atoms with Crippen LogP contribution in [0.3, 0.4) is 0 Å². The summed E-state index contributed by atoms with van der Waals surface area (Å²) in [6, 6.07) is 14.9. The predicted molar refractivity (Wildman–Crippen MR) is 111 cm³/mol. The summed E-state index contributed by atoms with van der Waals surface area (Å²) >= 11 is 5.97. The van der Waals surface area contributed by atoms with Crippen LogP contribution < -0.4 is 5.32 Å². The van der Waals surface area contributed by atoms with Crippen molar-refractivity contribution in [2.75, 3.05) is 6.54 Å². The molecule has 0 saturated carbocycles. The van der Waals surface area contributed by atoms with Crippen molar-refractivity contribution in [2.45, 2.75) is 26.1 Å². The number of fused-ring (bicyclic) bond motifs is 1. The van der Waals surface area contributed by atoms with Gasteiger partial charge in [0.1, 0.15) is 11.5 Å². The summed E-state index contributed by atoms with van der Waals surface area (Å²) in [5.41, 5.74) is 2.13. The highest BCUT2D eigenvalue weighted by molar-refractivity contribution is 6.30. The van der Waals surface area contributed by atoms with Crippen molar-refractivity contribution in [3.63, 3.8) is 0 Å². The highest BCUT2D eigenvalue weighted by atomic mass is 35.5. The third-order valence-electron chi connectivity index (χ3n) is 4.92. The number of halogens is 2. The van der Waals surface area contributed by atoms with Crippen LogP contribution in [0.25, 0.3) is 0 Å². The van der Waals surface area contributed by atoms with Gasteiger partial charge in [-0.1, -0.05) is 35.9 Å². The Morgan fingerprint density at radius 1 is 1.10 bits per heavy atom. The maximum absolute atomic E-state index is 13.5. The molecular formula is C22H20ClFN4O2. The van der Waals surface area contributed by atoms with E-state index >= 15 is 0 Å². The normalized spacial score (nSPS) is 13.7. The fourth-order valence-electron chi connectivity index (χ4n) is 3.47. The molecule has 2 amide bonds. The lowest BCUT2D eigenvalue weighted by molar-refractivity contribution is 0.0745. The maximum atomic E-state index is 13.5. The van der Waals surface area contributed by atoms with Crippen LogP contribution >= 0.6 is 11.6 Å². The quantitative estimate of drug-likeness (QED) is 0.677. The van der Waals surface area contributed by atoms with E-state index < -0.39 is 0 Å². The number of carbonyl (C=O) groups is 2. The standard InChI is InChI=1S/C22H20ClFN4O2/c23-17-6-1-4-15(10-17)13-25-21(29)19-12-20-22(30)27(8-3-9-28(20)26-19)14-16-5-2-7-18(24)11-16/h1-2,4-7,10-12H,3,8-9,13-14H2,(H,25,29). The molecule has 0 fully saturated rings. The smallest absolute Gasteiger partial charge is 0.272 e. The Labute approximate surface area is 178 Å². The van der Waals surface area contributed by atoms with E-state index in [1.807, 2.05) is 12.1 Å². The van der Waals surface area contributed by atoms with E-state index in [-0.39, 0.29) is 23.3 Å². The van der Waals surface area contributed by atoms with Crippen molar-refractivity contribution < 1.29 is 14.0 Å². The minimum atomic E-state index is -0.361. The van der Waals surface area contributed by atoms with Crippen molar-refractivity contribution in [1.82, 2.24) is 20.0 Å². The number of amides is 2. The van der Waals surface area contributed by atoms with Crippen LogP contribution in [0.15, 0.2) is 54.6 Å². The van der Waals surface area contributed by atoms with Gasteiger partial charge in [-0.2, -0.15) is 5.10 Å². The van der Waals surface area contributed by atoms with Gasteiger partial charge in [-0.05, 0) is 41.8 Å². The molecule has 0 saturated heterocycles. The first-order valence-corrected chi connectivity index (χ1v) is 10.0. The van der Waals surface area contributed by atoms with E-state index in [2.05, 4.69) is 10.4 Å². The zero-order valence-corrected chi connectivity index (χ0v) is 16.9. The molecular weight excluding hydrogens is 407 g/mol. The topological polar surface area (TPSA) is 67.2 Å². The molecule has 0 spiro atoms. The number of carbonyl (C=O) groups excluding carboxylic acids is 2. The van der Waals surface area contributed by atoms with Gasteiger partial charge in [-0.25, -0.2) is 4.39 Å². The van der Waals surface area contributed by atoms with Gasteiger partial charge in [-0.3, -0.25) is 14.3 Å². The van der Waals surface area contributed by atoms with E-state index in [0.29, 0.717) is 43.3 Å². The van der Waals surface area contributed by atoms with Gasteiger partial charge >= 0.3 is 0 Å². The molecule has 1 aliphatic rings. The Balaban J connectivity index is 1.47. The molecule has 1 N–H and O–H groups in total. The lowest BCUT2D eigenvalue weighted by atomic mass is 10.2.